The Morgan fingerprint density at radius 2 is 1.81 bits per heavy atom. The SMILES string of the molecule is NC1(C2(O)CCCSC2)CCS(=O)(=O)CC1. The smallest absolute Gasteiger partial charge is 0.150 e. The Morgan fingerprint density at radius 1 is 1.19 bits per heavy atom. The van der Waals surface area contributed by atoms with Crippen molar-refractivity contribution in [3.05, 3.63) is 0 Å². The van der Waals surface area contributed by atoms with Crippen molar-refractivity contribution in [1.82, 2.24) is 0 Å². The van der Waals surface area contributed by atoms with Crippen molar-refractivity contribution in [1.29, 1.82) is 0 Å². The maximum atomic E-state index is 11.4. The summed E-state index contributed by atoms with van der Waals surface area (Å²) >= 11 is 1.71. The van der Waals surface area contributed by atoms with Gasteiger partial charge in [0.1, 0.15) is 9.84 Å². The molecule has 3 N–H and O–H groups in total. The Balaban J connectivity index is 2.13. The van der Waals surface area contributed by atoms with Crippen LogP contribution < -0.4 is 5.73 Å². The number of aliphatic hydroxyl groups is 1. The second kappa shape index (κ2) is 4.15. The fourth-order valence-corrected chi connectivity index (χ4v) is 5.36. The Morgan fingerprint density at radius 3 is 2.31 bits per heavy atom. The molecule has 2 aliphatic heterocycles. The minimum Gasteiger partial charge on any atom is -0.387 e. The molecule has 0 spiro atoms. The van der Waals surface area contributed by atoms with Crippen molar-refractivity contribution in [2.24, 2.45) is 5.73 Å². The molecule has 1 unspecified atom stereocenters. The monoisotopic (exact) mass is 265 g/mol. The second-order valence-corrected chi connectivity index (χ2v) is 8.40. The van der Waals surface area contributed by atoms with E-state index < -0.39 is 21.0 Å². The first-order valence-corrected chi connectivity index (χ1v) is 8.64. The zero-order chi connectivity index (χ0) is 11.9. The highest BCUT2D eigenvalue weighted by atomic mass is 32.2. The van der Waals surface area contributed by atoms with Crippen LogP contribution in [0.2, 0.25) is 0 Å². The molecular weight excluding hydrogens is 246 g/mol. The van der Waals surface area contributed by atoms with E-state index in [0.717, 1.165) is 12.2 Å². The van der Waals surface area contributed by atoms with E-state index in [-0.39, 0.29) is 11.5 Å². The Bertz CT molecular complexity index is 346. The molecule has 2 fully saturated rings. The second-order valence-electron chi connectivity index (χ2n) is 5.00. The predicted molar refractivity (Wildman–Crippen MR) is 66.3 cm³/mol. The third-order valence-corrected chi connectivity index (χ3v) is 6.78. The van der Waals surface area contributed by atoms with Crippen LogP contribution in [0.4, 0.5) is 0 Å². The fourth-order valence-electron chi connectivity index (χ4n) is 2.54. The number of rotatable bonds is 1. The number of hydrogen-bond donors (Lipinski definition) is 2. The standard InChI is InChI=1S/C10H19NO3S2/c11-9(3-6-16(13,14)7-4-9)10(12)2-1-5-15-8-10/h12H,1-8,11H2. The third-order valence-electron chi connectivity index (χ3n) is 3.87. The number of hydrogen-bond acceptors (Lipinski definition) is 5. The van der Waals surface area contributed by atoms with Crippen LogP contribution >= 0.6 is 11.8 Å². The first-order valence-electron chi connectivity index (χ1n) is 5.66. The van der Waals surface area contributed by atoms with Crippen LogP contribution in [0.25, 0.3) is 0 Å². The van der Waals surface area contributed by atoms with Gasteiger partial charge >= 0.3 is 0 Å². The first-order chi connectivity index (χ1) is 7.37. The summed E-state index contributed by atoms with van der Waals surface area (Å²) in [6.45, 7) is 0. The third kappa shape index (κ3) is 2.25. The lowest BCUT2D eigenvalue weighted by Gasteiger charge is -2.48. The number of nitrogens with two attached hydrogens (primary N) is 1. The zero-order valence-corrected chi connectivity index (χ0v) is 10.9. The number of thioether (sulfide) groups is 1. The molecule has 0 aromatic rings. The molecule has 1 atom stereocenters. The van der Waals surface area contributed by atoms with E-state index in [0.29, 0.717) is 25.0 Å². The van der Waals surface area contributed by atoms with Crippen molar-refractivity contribution in [2.75, 3.05) is 23.0 Å². The number of sulfone groups is 1. The molecule has 2 heterocycles. The summed E-state index contributed by atoms with van der Waals surface area (Å²) in [4.78, 5) is 0. The fraction of sp³-hybridized carbons (Fsp3) is 1.00. The average Bonchev–Trinajstić information content (AvgIpc) is 2.24. The van der Waals surface area contributed by atoms with E-state index >= 15 is 0 Å². The largest absolute Gasteiger partial charge is 0.387 e. The molecular formula is C10H19NO3S2. The highest BCUT2D eigenvalue weighted by Gasteiger charge is 2.50. The van der Waals surface area contributed by atoms with Gasteiger partial charge in [-0.15, -0.1) is 0 Å². The quantitative estimate of drug-likeness (QED) is 0.705. The van der Waals surface area contributed by atoms with Gasteiger partial charge in [-0.05, 0) is 31.4 Å². The van der Waals surface area contributed by atoms with Gasteiger partial charge in [0.2, 0.25) is 0 Å². The van der Waals surface area contributed by atoms with Crippen LogP contribution in [0.3, 0.4) is 0 Å². The van der Waals surface area contributed by atoms with E-state index in [9.17, 15) is 13.5 Å². The summed E-state index contributed by atoms with van der Waals surface area (Å²) in [6, 6.07) is 0. The predicted octanol–water partition coefficient (Wildman–Crippen LogP) is 0.151. The topological polar surface area (TPSA) is 80.4 Å². The van der Waals surface area contributed by atoms with Gasteiger partial charge in [-0.1, -0.05) is 0 Å². The van der Waals surface area contributed by atoms with Crippen LogP contribution in [-0.2, 0) is 9.84 Å². The Kier molecular flexibility index (Phi) is 3.29. The van der Waals surface area contributed by atoms with Crippen molar-refractivity contribution >= 4 is 21.6 Å². The first kappa shape index (κ1) is 12.7. The van der Waals surface area contributed by atoms with E-state index in [1.165, 1.54) is 0 Å². The van der Waals surface area contributed by atoms with Crippen molar-refractivity contribution < 1.29 is 13.5 Å². The van der Waals surface area contributed by atoms with Crippen LogP contribution in [0.1, 0.15) is 25.7 Å². The molecule has 2 aliphatic rings. The molecule has 0 aromatic heterocycles. The lowest BCUT2D eigenvalue weighted by atomic mass is 9.74. The summed E-state index contributed by atoms with van der Waals surface area (Å²) in [6.07, 6.45) is 2.46. The lowest BCUT2D eigenvalue weighted by molar-refractivity contribution is -0.0295. The summed E-state index contributed by atoms with van der Waals surface area (Å²) < 4.78 is 22.8. The lowest BCUT2D eigenvalue weighted by Crippen LogP contribution is -2.65. The molecule has 2 rings (SSSR count). The van der Waals surface area contributed by atoms with E-state index in [2.05, 4.69) is 0 Å². The van der Waals surface area contributed by atoms with E-state index in [4.69, 9.17) is 5.73 Å². The summed E-state index contributed by atoms with van der Waals surface area (Å²) in [5.41, 5.74) is 4.69. The molecule has 0 amide bonds. The highest BCUT2D eigenvalue weighted by molar-refractivity contribution is 7.99. The van der Waals surface area contributed by atoms with Crippen molar-refractivity contribution in [3.63, 3.8) is 0 Å². The molecule has 2 saturated heterocycles. The van der Waals surface area contributed by atoms with Gasteiger partial charge in [-0.3, -0.25) is 0 Å². The zero-order valence-electron chi connectivity index (χ0n) is 9.31. The normalized spacial score (nSPS) is 38.1. The van der Waals surface area contributed by atoms with Gasteiger partial charge in [-0.2, -0.15) is 11.8 Å². The molecule has 6 heteroatoms. The van der Waals surface area contributed by atoms with Gasteiger partial charge in [0, 0.05) is 11.3 Å². The van der Waals surface area contributed by atoms with Gasteiger partial charge in [-0.25, -0.2) is 8.42 Å². The minimum atomic E-state index is -2.92. The summed E-state index contributed by atoms with van der Waals surface area (Å²) in [5, 5.41) is 10.6. The molecule has 0 saturated carbocycles. The Labute approximate surface area is 101 Å². The van der Waals surface area contributed by atoms with E-state index in [1.54, 1.807) is 11.8 Å². The average molecular weight is 265 g/mol. The molecule has 16 heavy (non-hydrogen) atoms. The summed E-state index contributed by atoms with van der Waals surface area (Å²) in [5.74, 6) is 1.95. The highest BCUT2D eigenvalue weighted by Crippen LogP contribution is 2.40. The molecule has 94 valence electrons. The van der Waals surface area contributed by atoms with Crippen LogP contribution in [0.5, 0.6) is 0 Å². The molecule has 0 aromatic carbocycles. The molecule has 4 nitrogen and oxygen atoms in total. The van der Waals surface area contributed by atoms with Crippen molar-refractivity contribution in [3.8, 4) is 0 Å². The summed E-state index contributed by atoms with van der Waals surface area (Å²) in [7, 11) is -2.92. The van der Waals surface area contributed by atoms with Gasteiger partial charge < -0.3 is 10.8 Å². The molecule has 0 radical (unpaired) electrons. The molecule has 0 aliphatic carbocycles. The van der Waals surface area contributed by atoms with E-state index in [1.807, 2.05) is 0 Å². The van der Waals surface area contributed by atoms with Crippen LogP contribution in [-0.4, -0.2) is 47.7 Å². The van der Waals surface area contributed by atoms with Crippen LogP contribution in [0.15, 0.2) is 0 Å². The Hall–Kier alpha value is 0.220. The van der Waals surface area contributed by atoms with Gasteiger partial charge in [0.05, 0.1) is 17.1 Å². The minimum absolute atomic E-state index is 0.122. The van der Waals surface area contributed by atoms with Crippen LogP contribution in [0, 0.1) is 0 Å². The maximum Gasteiger partial charge on any atom is 0.150 e. The van der Waals surface area contributed by atoms with Crippen molar-refractivity contribution in [2.45, 2.75) is 36.8 Å². The maximum absolute atomic E-state index is 11.4. The van der Waals surface area contributed by atoms with Gasteiger partial charge in [0.25, 0.3) is 0 Å². The molecule has 0 bridgehead atoms. The van der Waals surface area contributed by atoms with Gasteiger partial charge in [0.15, 0.2) is 0 Å².